The molecule has 152 valence electrons. The Morgan fingerprint density at radius 2 is 2.00 bits per heavy atom. The number of nitrogens with one attached hydrogen (secondary N) is 1. The third-order valence-corrected chi connectivity index (χ3v) is 6.26. The van der Waals surface area contributed by atoms with Crippen molar-refractivity contribution in [3.8, 4) is 0 Å². The van der Waals surface area contributed by atoms with Crippen LogP contribution in [0.3, 0.4) is 0 Å². The van der Waals surface area contributed by atoms with Gasteiger partial charge in [-0.15, -0.1) is 0 Å². The molecular formula is C17H18ClF3N4O2S. The van der Waals surface area contributed by atoms with Crippen LogP contribution in [0.15, 0.2) is 29.3 Å². The standard InChI is InChI=1S/C17H18ClF3N4O2S/c1-25(2)16-22-9-10-7-11(3-6-15(10)23-16)24-28(26,27)12-4-5-14(18)13(8-12)17(19,20)21/h4-5,8-9,11,24H,3,6-7H2,1-2H3. The molecule has 6 nitrogen and oxygen atoms in total. The van der Waals surface area contributed by atoms with E-state index in [-0.39, 0.29) is 0 Å². The van der Waals surface area contributed by atoms with Crippen LogP contribution in [0.4, 0.5) is 19.1 Å². The van der Waals surface area contributed by atoms with Gasteiger partial charge in [-0.05, 0) is 43.0 Å². The van der Waals surface area contributed by atoms with E-state index in [1.54, 1.807) is 11.1 Å². The van der Waals surface area contributed by atoms with E-state index in [4.69, 9.17) is 11.6 Å². The lowest BCUT2D eigenvalue weighted by Gasteiger charge is -2.25. The molecule has 1 N–H and O–H groups in total. The molecule has 1 unspecified atom stereocenters. The maximum Gasteiger partial charge on any atom is 0.417 e. The largest absolute Gasteiger partial charge is 0.417 e. The smallest absolute Gasteiger partial charge is 0.347 e. The fourth-order valence-electron chi connectivity index (χ4n) is 2.99. The highest BCUT2D eigenvalue weighted by molar-refractivity contribution is 7.89. The second-order valence-electron chi connectivity index (χ2n) is 6.74. The van der Waals surface area contributed by atoms with E-state index in [2.05, 4.69) is 14.7 Å². The molecule has 28 heavy (non-hydrogen) atoms. The molecule has 1 aromatic heterocycles. The van der Waals surface area contributed by atoms with E-state index in [9.17, 15) is 21.6 Å². The quantitative estimate of drug-likeness (QED) is 0.800. The molecular weight excluding hydrogens is 417 g/mol. The lowest BCUT2D eigenvalue weighted by Crippen LogP contribution is -2.39. The van der Waals surface area contributed by atoms with E-state index in [0.717, 1.165) is 23.4 Å². The minimum atomic E-state index is -4.74. The Kier molecular flexibility index (Phi) is 5.57. The summed E-state index contributed by atoms with van der Waals surface area (Å²) >= 11 is 5.56. The highest BCUT2D eigenvalue weighted by atomic mass is 35.5. The van der Waals surface area contributed by atoms with Gasteiger partial charge in [0.2, 0.25) is 16.0 Å². The Balaban J connectivity index is 1.80. The number of hydrogen-bond donors (Lipinski definition) is 1. The van der Waals surface area contributed by atoms with Crippen LogP contribution in [0.2, 0.25) is 5.02 Å². The first-order valence-electron chi connectivity index (χ1n) is 8.38. The number of aromatic nitrogens is 2. The molecule has 0 amide bonds. The zero-order chi connectivity index (χ0) is 20.7. The van der Waals surface area contributed by atoms with Gasteiger partial charge in [0.15, 0.2) is 0 Å². The van der Waals surface area contributed by atoms with Crippen LogP contribution in [-0.2, 0) is 29.0 Å². The number of rotatable bonds is 4. The van der Waals surface area contributed by atoms with Crippen molar-refractivity contribution in [3.05, 3.63) is 46.2 Å². The summed E-state index contributed by atoms with van der Waals surface area (Å²) in [7, 11) is -0.497. The zero-order valence-corrected chi connectivity index (χ0v) is 16.7. The highest BCUT2D eigenvalue weighted by Crippen LogP contribution is 2.36. The van der Waals surface area contributed by atoms with Crippen molar-refractivity contribution in [2.75, 3.05) is 19.0 Å². The molecule has 0 aliphatic heterocycles. The van der Waals surface area contributed by atoms with Crippen LogP contribution in [0.25, 0.3) is 0 Å². The van der Waals surface area contributed by atoms with E-state index >= 15 is 0 Å². The topological polar surface area (TPSA) is 75.2 Å². The molecule has 0 fully saturated rings. The first-order valence-corrected chi connectivity index (χ1v) is 10.2. The monoisotopic (exact) mass is 434 g/mol. The molecule has 1 aliphatic rings. The van der Waals surface area contributed by atoms with Gasteiger partial charge in [0, 0.05) is 32.0 Å². The summed E-state index contributed by atoms with van der Waals surface area (Å²) in [6.07, 6.45) is -1.70. The summed E-state index contributed by atoms with van der Waals surface area (Å²) in [6.45, 7) is 0. The van der Waals surface area contributed by atoms with Gasteiger partial charge in [-0.3, -0.25) is 0 Å². The predicted octanol–water partition coefficient (Wildman–Crippen LogP) is 3.05. The summed E-state index contributed by atoms with van der Waals surface area (Å²) in [4.78, 5) is 9.97. The molecule has 0 spiro atoms. The van der Waals surface area contributed by atoms with Crippen LogP contribution < -0.4 is 9.62 Å². The van der Waals surface area contributed by atoms with Gasteiger partial charge in [0.05, 0.1) is 15.5 Å². The highest BCUT2D eigenvalue weighted by Gasteiger charge is 2.35. The summed E-state index contributed by atoms with van der Waals surface area (Å²) in [5.41, 5.74) is 0.479. The van der Waals surface area contributed by atoms with Gasteiger partial charge >= 0.3 is 6.18 Å². The average molecular weight is 435 g/mol. The molecule has 2 aromatic rings. The van der Waals surface area contributed by atoms with E-state index in [1.807, 2.05) is 14.1 Å². The minimum Gasteiger partial charge on any atom is -0.347 e. The van der Waals surface area contributed by atoms with Crippen LogP contribution in [0.5, 0.6) is 0 Å². The van der Waals surface area contributed by atoms with E-state index in [1.165, 1.54) is 0 Å². The number of fused-ring (bicyclic) bond motifs is 1. The second-order valence-corrected chi connectivity index (χ2v) is 8.86. The van der Waals surface area contributed by atoms with Crippen molar-refractivity contribution >= 4 is 27.6 Å². The third kappa shape index (κ3) is 4.39. The Morgan fingerprint density at radius 3 is 2.64 bits per heavy atom. The molecule has 1 aromatic carbocycles. The van der Waals surface area contributed by atoms with Crippen molar-refractivity contribution in [3.63, 3.8) is 0 Å². The van der Waals surface area contributed by atoms with Crippen molar-refractivity contribution in [1.29, 1.82) is 0 Å². The maximum atomic E-state index is 13.0. The van der Waals surface area contributed by atoms with Crippen LogP contribution in [0, 0.1) is 0 Å². The maximum absolute atomic E-state index is 13.0. The molecule has 1 atom stereocenters. The minimum absolute atomic E-state index is 0.363. The van der Waals surface area contributed by atoms with Crippen molar-refractivity contribution in [1.82, 2.24) is 14.7 Å². The van der Waals surface area contributed by atoms with Gasteiger partial charge < -0.3 is 4.90 Å². The third-order valence-electron chi connectivity index (χ3n) is 4.41. The Labute approximate surface area is 165 Å². The van der Waals surface area contributed by atoms with Crippen LogP contribution in [0.1, 0.15) is 23.2 Å². The van der Waals surface area contributed by atoms with Crippen molar-refractivity contribution < 1.29 is 21.6 Å². The number of halogens is 4. The normalized spacial score (nSPS) is 17.3. The van der Waals surface area contributed by atoms with Gasteiger partial charge in [0.1, 0.15) is 0 Å². The SMILES string of the molecule is CN(C)c1ncc2c(n1)CCC(NS(=O)(=O)c1ccc(Cl)c(C(F)(F)F)c1)C2. The van der Waals surface area contributed by atoms with Gasteiger partial charge in [-0.25, -0.2) is 23.1 Å². The molecule has 0 radical (unpaired) electrons. The number of anilines is 1. The number of sulfonamides is 1. The summed E-state index contributed by atoms with van der Waals surface area (Å²) in [5, 5.41) is -0.549. The summed E-state index contributed by atoms with van der Waals surface area (Å²) < 4.78 is 66.7. The predicted molar refractivity (Wildman–Crippen MR) is 98.9 cm³/mol. The van der Waals surface area contributed by atoms with Crippen LogP contribution in [-0.4, -0.2) is 38.5 Å². The number of aryl methyl sites for hydroxylation is 1. The molecule has 1 aliphatic carbocycles. The van der Waals surface area contributed by atoms with Gasteiger partial charge in [-0.2, -0.15) is 13.2 Å². The molecule has 0 saturated carbocycles. The Hall–Kier alpha value is -1.91. The van der Waals surface area contributed by atoms with Gasteiger partial charge in [0.25, 0.3) is 0 Å². The number of nitrogens with zero attached hydrogens (tertiary/aromatic N) is 3. The number of alkyl halides is 3. The zero-order valence-electron chi connectivity index (χ0n) is 15.1. The first kappa shape index (κ1) is 20.8. The van der Waals surface area contributed by atoms with Crippen molar-refractivity contribution in [2.24, 2.45) is 0 Å². The van der Waals surface area contributed by atoms with Crippen LogP contribution >= 0.6 is 11.6 Å². The number of hydrogen-bond acceptors (Lipinski definition) is 5. The second kappa shape index (κ2) is 7.49. The lowest BCUT2D eigenvalue weighted by atomic mass is 9.94. The lowest BCUT2D eigenvalue weighted by molar-refractivity contribution is -0.137. The van der Waals surface area contributed by atoms with Crippen molar-refractivity contribution in [2.45, 2.75) is 36.4 Å². The summed E-state index contributed by atoms with van der Waals surface area (Å²) in [5.74, 6) is 0.568. The average Bonchev–Trinajstić information content (AvgIpc) is 2.60. The Morgan fingerprint density at radius 1 is 1.29 bits per heavy atom. The molecule has 0 bridgehead atoms. The molecule has 3 rings (SSSR count). The number of benzene rings is 1. The molecule has 0 saturated heterocycles. The van der Waals surface area contributed by atoms with Gasteiger partial charge in [-0.1, -0.05) is 11.6 Å². The van der Waals surface area contributed by atoms with E-state index < -0.39 is 37.7 Å². The summed E-state index contributed by atoms with van der Waals surface area (Å²) in [6, 6.07) is 2.08. The molecule has 1 heterocycles. The fourth-order valence-corrected chi connectivity index (χ4v) is 4.51. The molecule has 11 heteroatoms. The fraction of sp³-hybridized carbons (Fsp3) is 0.412. The Bertz CT molecular complexity index is 996. The first-order chi connectivity index (χ1) is 13.0. The van der Waals surface area contributed by atoms with E-state index in [0.29, 0.717) is 31.3 Å².